The van der Waals surface area contributed by atoms with E-state index in [-0.39, 0.29) is 42.5 Å². The minimum absolute atomic E-state index is 0.0138. The van der Waals surface area contributed by atoms with E-state index in [1.165, 1.54) is 4.90 Å². The Kier molecular flexibility index (Phi) is 5.55. The highest BCUT2D eigenvalue weighted by atomic mass is 32.5. The summed E-state index contributed by atoms with van der Waals surface area (Å²) in [4.78, 5) is 26.0. The monoisotopic (exact) mass is 528 g/mol. The van der Waals surface area contributed by atoms with Crippen molar-refractivity contribution in [2.75, 3.05) is 18.0 Å². The Balaban J connectivity index is 1.56. The molecule has 1 aromatic rings. The van der Waals surface area contributed by atoms with Gasteiger partial charge in [-0.2, -0.15) is 5.26 Å². The third kappa shape index (κ3) is 5.60. The van der Waals surface area contributed by atoms with Crippen molar-refractivity contribution in [3.8, 4) is 6.19 Å². The summed E-state index contributed by atoms with van der Waals surface area (Å²) < 4.78 is 92.4. The van der Waals surface area contributed by atoms with Crippen LogP contribution in [0.5, 0.6) is 0 Å². The van der Waals surface area contributed by atoms with E-state index >= 15 is 0 Å². The van der Waals surface area contributed by atoms with Gasteiger partial charge in [-0.15, -0.1) is 0 Å². The number of alkyl halides is 2. The van der Waals surface area contributed by atoms with Crippen molar-refractivity contribution in [2.45, 2.75) is 55.0 Å². The second-order valence-corrected chi connectivity index (χ2v) is 11.9. The van der Waals surface area contributed by atoms with E-state index < -0.39 is 64.3 Å². The largest absolute Gasteiger partial charge is 0.352 e. The Labute approximate surface area is 196 Å². The molecule has 2 saturated carbocycles. The SMILES string of the molecule is N#CN1CC2CC2C1C(=O)N(CC(=O)NC1CCC(F)(F)CC1)c1ccc(S(F)(F)(F)(F)F)cc1. The maximum absolute atomic E-state index is 13.4. The Bertz CT molecular complexity index is 1070. The fourth-order valence-electron chi connectivity index (χ4n) is 4.83. The molecular weight excluding hydrogens is 505 g/mol. The molecule has 194 valence electrons. The molecule has 0 bridgehead atoms. The molecule has 1 heterocycles. The van der Waals surface area contributed by atoms with Crippen LogP contribution in [0, 0.1) is 23.3 Å². The predicted molar refractivity (Wildman–Crippen MR) is 113 cm³/mol. The van der Waals surface area contributed by atoms with Crippen molar-refractivity contribution < 1.29 is 37.8 Å². The first-order valence-electron chi connectivity index (χ1n) is 11.0. The number of benzene rings is 1. The highest BCUT2D eigenvalue weighted by molar-refractivity contribution is 8.45. The van der Waals surface area contributed by atoms with E-state index in [0.29, 0.717) is 25.1 Å². The number of halogens is 7. The van der Waals surface area contributed by atoms with Crippen LogP contribution in [0.2, 0.25) is 0 Å². The van der Waals surface area contributed by atoms with Crippen molar-refractivity contribution in [3.05, 3.63) is 24.3 Å². The Morgan fingerprint density at radius 3 is 2.26 bits per heavy atom. The zero-order valence-corrected chi connectivity index (χ0v) is 19.1. The Hall–Kier alpha value is -2.69. The summed E-state index contributed by atoms with van der Waals surface area (Å²) in [5.74, 6) is -4.32. The fourth-order valence-corrected chi connectivity index (χ4v) is 5.48. The molecule has 1 aromatic carbocycles. The molecule has 4 rings (SSSR count). The van der Waals surface area contributed by atoms with Crippen molar-refractivity contribution in [1.82, 2.24) is 10.2 Å². The van der Waals surface area contributed by atoms with Gasteiger partial charge in [-0.25, -0.2) is 8.78 Å². The molecule has 0 radical (unpaired) electrons. The lowest BCUT2D eigenvalue weighted by molar-refractivity contribution is -0.126. The van der Waals surface area contributed by atoms with Crippen LogP contribution in [-0.4, -0.2) is 47.8 Å². The van der Waals surface area contributed by atoms with Gasteiger partial charge in [-0.1, -0.05) is 19.4 Å². The van der Waals surface area contributed by atoms with Crippen LogP contribution < -0.4 is 10.2 Å². The number of fused-ring (bicyclic) bond motifs is 1. The maximum Gasteiger partial charge on any atom is 0.310 e. The molecule has 2 amide bonds. The number of likely N-dealkylation sites (tertiary alicyclic amines) is 1. The molecule has 6 nitrogen and oxygen atoms in total. The third-order valence-corrected chi connectivity index (χ3v) is 7.94. The molecule has 1 aliphatic heterocycles. The Morgan fingerprint density at radius 2 is 1.71 bits per heavy atom. The molecule has 3 atom stereocenters. The number of amides is 2. The number of carbonyl (C=O) groups is 2. The predicted octanol–water partition coefficient (Wildman–Crippen LogP) is 5.17. The van der Waals surface area contributed by atoms with Gasteiger partial charge in [0.15, 0.2) is 6.19 Å². The van der Waals surface area contributed by atoms with Crippen LogP contribution in [0.4, 0.5) is 33.9 Å². The quantitative estimate of drug-likeness (QED) is 0.408. The molecule has 0 spiro atoms. The molecule has 2 aliphatic carbocycles. The van der Waals surface area contributed by atoms with Crippen LogP contribution in [0.3, 0.4) is 0 Å². The second kappa shape index (κ2) is 7.65. The first kappa shape index (κ1) is 25.4. The number of nitrogens with one attached hydrogen (secondary N) is 1. The van der Waals surface area contributed by atoms with Crippen molar-refractivity contribution in [1.29, 1.82) is 5.26 Å². The molecule has 3 fully saturated rings. The number of nitrogens with zero attached hydrogens (tertiary/aromatic N) is 3. The van der Waals surface area contributed by atoms with Gasteiger partial charge in [-0.3, -0.25) is 14.5 Å². The second-order valence-electron chi connectivity index (χ2n) is 9.44. The number of hydrogen-bond acceptors (Lipinski definition) is 4. The lowest BCUT2D eigenvalue weighted by Gasteiger charge is -2.40. The van der Waals surface area contributed by atoms with E-state index in [1.54, 1.807) is 0 Å². The van der Waals surface area contributed by atoms with Gasteiger partial charge < -0.3 is 10.2 Å². The molecule has 1 N–H and O–H groups in total. The summed E-state index contributed by atoms with van der Waals surface area (Å²) in [5.41, 5.74) is -0.229. The van der Waals surface area contributed by atoms with Crippen LogP contribution >= 0.6 is 10.2 Å². The first-order chi connectivity index (χ1) is 16.0. The van der Waals surface area contributed by atoms with Gasteiger partial charge in [0.2, 0.25) is 11.8 Å². The Morgan fingerprint density at radius 1 is 1.11 bits per heavy atom. The summed E-state index contributed by atoms with van der Waals surface area (Å²) >= 11 is 0. The first-order valence-corrected chi connectivity index (χ1v) is 12.9. The summed E-state index contributed by atoms with van der Waals surface area (Å²) in [5, 5.41) is 11.9. The van der Waals surface area contributed by atoms with Gasteiger partial charge in [0.05, 0.1) is 0 Å². The summed E-state index contributed by atoms with van der Waals surface area (Å²) in [6.45, 7) is -0.342. The summed E-state index contributed by atoms with van der Waals surface area (Å²) in [6, 6.07) is 0.153. The number of hydrogen-bond donors (Lipinski definition) is 1. The minimum Gasteiger partial charge on any atom is -0.352 e. The third-order valence-electron chi connectivity index (χ3n) is 6.78. The highest BCUT2D eigenvalue weighted by Gasteiger charge is 2.65. The van der Waals surface area contributed by atoms with Gasteiger partial charge in [-0.05, 0) is 55.4 Å². The minimum atomic E-state index is -9.95. The maximum atomic E-state index is 13.4. The molecule has 35 heavy (non-hydrogen) atoms. The van der Waals surface area contributed by atoms with E-state index in [0.717, 1.165) is 4.90 Å². The normalized spacial score (nSPS) is 27.7. The molecular formula is C21H23F7N4O2S. The smallest absolute Gasteiger partial charge is 0.310 e. The zero-order valence-electron chi connectivity index (χ0n) is 18.3. The molecule has 14 heteroatoms. The molecule has 3 aliphatic rings. The van der Waals surface area contributed by atoms with E-state index in [9.17, 15) is 43.1 Å². The fraction of sp³-hybridized carbons (Fsp3) is 0.571. The van der Waals surface area contributed by atoms with Gasteiger partial charge in [0.25, 0.3) is 5.91 Å². The number of nitriles is 1. The molecule has 0 aromatic heterocycles. The standard InChI is InChI=1S/C21H23F7N4O2S/c22-21(23)7-5-14(6-8-21)30-18(33)11-32(20(34)19-17-9-13(17)10-31(19)12-29)15-1-3-16(4-2-15)35(24,25,26,27)28/h1-4,13-14,17,19H,5-11H2,(H,30,33). The average Bonchev–Trinajstić information content (AvgIpc) is 3.41. The van der Waals surface area contributed by atoms with Crippen molar-refractivity contribution >= 4 is 27.7 Å². The number of piperidine rings is 1. The van der Waals surface area contributed by atoms with Gasteiger partial charge >= 0.3 is 10.2 Å². The number of rotatable bonds is 6. The lowest BCUT2D eigenvalue weighted by Crippen LogP contribution is -2.51. The van der Waals surface area contributed by atoms with Gasteiger partial charge in [0, 0.05) is 31.1 Å². The zero-order chi connectivity index (χ0) is 25.9. The van der Waals surface area contributed by atoms with Crippen LogP contribution in [-0.2, 0) is 9.59 Å². The topological polar surface area (TPSA) is 76.4 Å². The average molecular weight is 528 g/mol. The number of carbonyl (C=O) groups excluding carboxylic acids is 2. The number of anilines is 1. The van der Waals surface area contributed by atoms with Crippen LogP contribution in [0.25, 0.3) is 0 Å². The molecule has 1 saturated heterocycles. The van der Waals surface area contributed by atoms with Crippen LogP contribution in [0.1, 0.15) is 32.1 Å². The highest BCUT2D eigenvalue weighted by Crippen LogP contribution is 3.02. The van der Waals surface area contributed by atoms with Crippen molar-refractivity contribution in [3.63, 3.8) is 0 Å². The van der Waals surface area contributed by atoms with E-state index in [1.807, 2.05) is 6.19 Å². The van der Waals surface area contributed by atoms with Gasteiger partial charge in [0.1, 0.15) is 17.5 Å². The summed E-state index contributed by atoms with van der Waals surface area (Å²) in [7, 11) is -9.95. The van der Waals surface area contributed by atoms with E-state index in [2.05, 4.69) is 5.32 Å². The van der Waals surface area contributed by atoms with Crippen molar-refractivity contribution in [2.24, 2.45) is 11.8 Å². The lowest BCUT2D eigenvalue weighted by atomic mass is 9.92. The van der Waals surface area contributed by atoms with E-state index in [4.69, 9.17) is 0 Å². The van der Waals surface area contributed by atoms with Crippen LogP contribution in [0.15, 0.2) is 29.2 Å². The molecule has 3 unspecified atom stereocenters. The summed E-state index contributed by atoms with van der Waals surface area (Å²) in [6.07, 6.45) is 1.77.